The molecule has 1 atom stereocenters. The first-order valence-corrected chi connectivity index (χ1v) is 10.0. The number of hydrogen-bond donors (Lipinski definition) is 0. The summed E-state index contributed by atoms with van der Waals surface area (Å²) in [5, 5.41) is 0. The molecule has 1 aliphatic heterocycles. The van der Waals surface area contributed by atoms with Crippen molar-refractivity contribution < 1.29 is 22.7 Å². The number of ether oxygens (including phenoxy) is 1. The molecule has 7 heteroatoms. The number of sulfone groups is 1. The molecule has 3 rings (SSSR count). The van der Waals surface area contributed by atoms with Crippen LogP contribution in [0, 0.1) is 5.92 Å². The lowest BCUT2D eigenvalue weighted by Gasteiger charge is -2.29. The van der Waals surface area contributed by atoms with Gasteiger partial charge in [-0.15, -0.1) is 0 Å². The molecule has 0 radical (unpaired) electrons. The molecular weight excluding hydrogens is 330 g/mol. The van der Waals surface area contributed by atoms with Gasteiger partial charge in [-0.2, -0.15) is 0 Å². The predicted molar refractivity (Wildman–Crippen MR) is 89.3 cm³/mol. The minimum Gasteiger partial charge on any atom is -0.455 e. The first-order valence-electron chi connectivity index (χ1n) is 8.20. The molecule has 0 spiro atoms. The van der Waals surface area contributed by atoms with Crippen molar-refractivity contribution in [3.8, 4) is 0 Å². The number of rotatable bonds is 5. The van der Waals surface area contributed by atoms with Gasteiger partial charge in [0.25, 0.3) is 5.91 Å². The first kappa shape index (κ1) is 17.0. The molecular formula is C17H21NO5S. The Labute approximate surface area is 141 Å². The van der Waals surface area contributed by atoms with E-state index in [1.165, 1.54) is 4.90 Å². The third-order valence-corrected chi connectivity index (χ3v) is 6.40. The molecule has 1 heterocycles. The van der Waals surface area contributed by atoms with Crippen LogP contribution in [-0.2, 0) is 24.2 Å². The minimum absolute atomic E-state index is 0.0514. The van der Waals surface area contributed by atoms with Gasteiger partial charge in [0.05, 0.1) is 23.5 Å². The summed E-state index contributed by atoms with van der Waals surface area (Å²) >= 11 is 0. The Hall–Kier alpha value is -1.89. The van der Waals surface area contributed by atoms with Crippen molar-refractivity contribution in [2.45, 2.75) is 31.7 Å². The van der Waals surface area contributed by atoms with E-state index in [9.17, 15) is 18.0 Å². The number of para-hydroxylation sites is 1. The van der Waals surface area contributed by atoms with E-state index in [1.54, 1.807) is 24.3 Å². The van der Waals surface area contributed by atoms with E-state index in [2.05, 4.69) is 0 Å². The third-order valence-electron chi connectivity index (χ3n) is 4.65. The topological polar surface area (TPSA) is 80.8 Å². The van der Waals surface area contributed by atoms with E-state index in [4.69, 9.17) is 4.74 Å². The summed E-state index contributed by atoms with van der Waals surface area (Å²) in [7, 11) is -3.12. The molecule has 0 aromatic heterocycles. The first-order chi connectivity index (χ1) is 11.5. The van der Waals surface area contributed by atoms with Crippen LogP contribution in [0.1, 0.15) is 25.7 Å². The monoisotopic (exact) mass is 351 g/mol. The van der Waals surface area contributed by atoms with Gasteiger partial charge in [0.2, 0.25) is 0 Å². The molecule has 1 saturated heterocycles. The zero-order valence-corrected chi connectivity index (χ0v) is 14.2. The number of amides is 1. The standard InChI is InChI=1S/C17H21NO5S/c19-16(11-23-17(20)13-5-4-6-13)18(14-7-2-1-3-8-14)15-9-10-24(21,22)12-15/h1-3,7-8,13,15H,4-6,9-12H2/t15-/m1/s1. The van der Waals surface area contributed by atoms with Crippen molar-refractivity contribution in [1.82, 2.24) is 0 Å². The van der Waals surface area contributed by atoms with Gasteiger partial charge in [-0.1, -0.05) is 24.6 Å². The third kappa shape index (κ3) is 3.77. The maximum absolute atomic E-state index is 12.6. The summed E-state index contributed by atoms with van der Waals surface area (Å²) in [5.74, 6) is -0.771. The molecule has 0 N–H and O–H groups in total. The number of nitrogens with zero attached hydrogens (tertiary/aromatic N) is 1. The van der Waals surface area contributed by atoms with Crippen LogP contribution in [0.2, 0.25) is 0 Å². The quantitative estimate of drug-likeness (QED) is 0.752. The van der Waals surface area contributed by atoms with Crippen molar-refractivity contribution in [2.75, 3.05) is 23.0 Å². The highest BCUT2D eigenvalue weighted by Gasteiger charge is 2.36. The number of hydrogen-bond acceptors (Lipinski definition) is 5. The van der Waals surface area contributed by atoms with Crippen LogP contribution >= 0.6 is 0 Å². The molecule has 1 aromatic carbocycles. The zero-order chi connectivity index (χ0) is 17.2. The summed E-state index contributed by atoms with van der Waals surface area (Å²) in [6.07, 6.45) is 3.05. The average Bonchev–Trinajstić information content (AvgIpc) is 2.84. The highest BCUT2D eigenvalue weighted by molar-refractivity contribution is 7.91. The predicted octanol–water partition coefficient (Wildman–Crippen LogP) is 1.55. The largest absolute Gasteiger partial charge is 0.455 e. The van der Waals surface area contributed by atoms with Crippen molar-refractivity contribution in [3.05, 3.63) is 30.3 Å². The van der Waals surface area contributed by atoms with E-state index < -0.39 is 15.9 Å². The number of carbonyl (C=O) groups excluding carboxylic acids is 2. The summed E-state index contributed by atoms with van der Waals surface area (Å²) in [5.41, 5.74) is 0.629. The lowest BCUT2D eigenvalue weighted by atomic mass is 9.86. The van der Waals surface area contributed by atoms with E-state index in [0.29, 0.717) is 12.1 Å². The van der Waals surface area contributed by atoms with Crippen molar-refractivity contribution in [3.63, 3.8) is 0 Å². The van der Waals surface area contributed by atoms with Gasteiger partial charge >= 0.3 is 5.97 Å². The van der Waals surface area contributed by atoms with Gasteiger partial charge in [0.15, 0.2) is 16.4 Å². The second kappa shape index (κ2) is 6.93. The van der Waals surface area contributed by atoms with Gasteiger partial charge in [-0.05, 0) is 31.4 Å². The van der Waals surface area contributed by atoms with Crippen LogP contribution in [0.3, 0.4) is 0 Å². The lowest BCUT2D eigenvalue weighted by Crippen LogP contribution is -2.44. The summed E-state index contributed by atoms with van der Waals surface area (Å²) in [6.45, 7) is -0.346. The van der Waals surface area contributed by atoms with E-state index in [0.717, 1.165) is 19.3 Å². The number of carbonyl (C=O) groups is 2. The molecule has 6 nitrogen and oxygen atoms in total. The molecule has 2 aliphatic rings. The SMILES string of the molecule is O=C(OCC(=O)N(c1ccccc1)[C@@H]1CCS(=O)(=O)C1)C1CCC1. The van der Waals surface area contributed by atoms with Crippen LogP contribution in [0.15, 0.2) is 30.3 Å². The Bertz CT molecular complexity index is 712. The average molecular weight is 351 g/mol. The highest BCUT2D eigenvalue weighted by atomic mass is 32.2. The van der Waals surface area contributed by atoms with Gasteiger partial charge in [-0.25, -0.2) is 8.42 Å². The van der Waals surface area contributed by atoms with E-state index >= 15 is 0 Å². The van der Waals surface area contributed by atoms with Crippen LogP contribution in [0.4, 0.5) is 5.69 Å². The zero-order valence-electron chi connectivity index (χ0n) is 13.4. The summed E-state index contributed by atoms with van der Waals surface area (Å²) in [6, 6.07) is 8.52. The maximum atomic E-state index is 12.6. The fourth-order valence-electron chi connectivity index (χ4n) is 3.09. The minimum atomic E-state index is -3.12. The maximum Gasteiger partial charge on any atom is 0.309 e. The van der Waals surface area contributed by atoms with Gasteiger partial charge in [0, 0.05) is 5.69 Å². The molecule has 1 aromatic rings. The molecule has 1 saturated carbocycles. The van der Waals surface area contributed by atoms with E-state index in [-0.39, 0.29) is 35.9 Å². The van der Waals surface area contributed by atoms with Gasteiger partial charge in [0.1, 0.15) is 0 Å². The fraction of sp³-hybridized carbons (Fsp3) is 0.529. The second-order valence-electron chi connectivity index (χ2n) is 6.39. The Balaban J connectivity index is 1.71. The number of esters is 1. The normalized spacial score (nSPS) is 22.6. The smallest absolute Gasteiger partial charge is 0.309 e. The van der Waals surface area contributed by atoms with Crippen molar-refractivity contribution >= 4 is 27.4 Å². The molecule has 24 heavy (non-hydrogen) atoms. The molecule has 1 aliphatic carbocycles. The van der Waals surface area contributed by atoms with Crippen LogP contribution < -0.4 is 4.90 Å². The Morgan fingerprint density at radius 3 is 2.38 bits per heavy atom. The second-order valence-corrected chi connectivity index (χ2v) is 8.62. The molecule has 130 valence electrons. The van der Waals surface area contributed by atoms with Crippen LogP contribution in [0.25, 0.3) is 0 Å². The van der Waals surface area contributed by atoms with Crippen LogP contribution in [-0.4, -0.2) is 44.4 Å². The Kier molecular flexibility index (Phi) is 4.89. The molecule has 2 fully saturated rings. The Morgan fingerprint density at radius 1 is 1.12 bits per heavy atom. The summed E-state index contributed by atoms with van der Waals surface area (Å²) in [4.78, 5) is 25.9. The van der Waals surface area contributed by atoms with Crippen molar-refractivity contribution in [1.29, 1.82) is 0 Å². The van der Waals surface area contributed by atoms with Crippen molar-refractivity contribution in [2.24, 2.45) is 5.92 Å². The number of benzene rings is 1. The highest BCUT2D eigenvalue weighted by Crippen LogP contribution is 2.28. The Morgan fingerprint density at radius 2 is 1.83 bits per heavy atom. The molecule has 0 unspecified atom stereocenters. The van der Waals surface area contributed by atoms with Crippen LogP contribution in [0.5, 0.6) is 0 Å². The fourth-order valence-corrected chi connectivity index (χ4v) is 4.79. The number of anilines is 1. The molecule has 0 bridgehead atoms. The van der Waals surface area contributed by atoms with Gasteiger partial charge in [-0.3, -0.25) is 9.59 Å². The van der Waals surface area contributed by atoms with Gasteiger partial charge < -0.3 is 9.64 Å². The molecule has 1 amide bonds. The summed E-state index contributed by atoms with van der Waals surface area (Å²) < 4.78 is 28.7. The van der Waals surface area contributed by atoms with E-state index in [1.807, 2.05) is 6.07 Å². The lowest BCUT2D eigenvalue weighted by molar-refractivity contribution is -0.154.